The van der Waals surface area contributed by atoms with Crippen LogP contribution in [0.4, 0.5) is 0 Å². The molecular weight excluding hydrogens is 178 g/mol. The summed E-state index contributed by atoms with van der Waals surface area (Å²) in [5.41, 5.74) is 0. The number of rotatable bonds is 3. The third kappa shape index (κ3) is 4.29. The first kappa shape index (κ1) is 11.1. The normalized spacial score (nSPS) is 21.4. The Balaban J connectivity index is 2.30. The van der Waals surface area contributed by atoms with Crippen molar-refractivity contribution in [3.05, 3.63) is 0 Å². The molecule has 0 aromatic rings. The Bertz CT molecular complexity index is 239. The second-order valence-electron chi connectivity index (χ2n) is 3.39. The second kappa shape index (κ2) is 6.44. The summed E-state index contributed by atoms with van der Waals surface area (Å²) in [6, 6.07) is 0. The van der Waals surface area contributed by atoms with Gasteiger partial charge in [0.05, 0.1) is 0 Å². The van der Waals surface area contributed by atoms with Crippen LogP contribution in [0.2, 0.25) is 0 Å². The van der Waals surface area contributed by atoms with Crippen LogP contribution < -0.4 is 5.32 Å². The molecule has 1 amide bonds. The topological polar surface area (TPSA) is 38.3 Å². The Morgan fingerprint density at radius 3 is 3.14 bits per heavy atom. The minimum atomic E-state index is -0.0890. The molecule has 78 valence electrons. The van der Waals surface area contributed by atoms with Gasteiger partial charge < -0.3 is 10.1 Å². The van der Waals surface area contributed by atoms with E-state index in [0.29, 0.717) is 0 Å². The number of carbonyl (C=O) groups excluding carboxylic acids is 1. The van der Waals surface area contributed by atoms with Gasteiger partial charge >= 0.3 is 0 Å². The molecule has 0 fully saturated rings. The van der Waals surface area contributed by atoms with Gasteiger partial charge in [0.25, 0.3) is 0 Å². The van der Waals surface area contributed by atoms with Crippen LogP contribution >= 0.6 is 0 Å². The van der Waals surface area contributed by atoms with E-state index in [9.17, 15) is 4.79 Å². The zero-order valence-corrected chi connectivity index (χ0v) is 8.64. The molecule has 14 heavy (non-hydrogen) atoms. The molecule has 1 atom stereocenters. The molecule has 1 aliphatic rings. The van der Waals surface area contributed by atoms with Crippen LogP contribution in [-0.4, -0.2) is 25.7 Å². The van der Waals surface area contributed by atoms with Gasteiger partial charge in [0.1, 0.15) is 12.7 Å². The van der Waals surface area contributed by atoms with Gasteiger partial charge in [-0.05, 0) is 19.3 Å². The number of amides is 1. The average Bonchev–Trinajstić information content (AvgIpc) is 2.15. The predicted molar refractivity (Wildman–Crippen MR) is 54.7 cm³/mol. The molecule has 3 heteroatoms. The van der Waals surface area contributed by atoms with E-state index in [-0.39, 0.29) is 18.6 Å². The fourth-order valence-corrected chi connectivity index (χ4v) is 1.35. The second-order valence-corrected chi connectivity index (χ2v) is 3.39. The van der Waals surface area contributed by atoms with Crippen LogP contribution in [0.3, 0.4) is 0 Å². The maximum atomic E-state index is 10.9. The third-order valence-corrected chi connectivity index (χ3v) is 2.23. The summed E-state index contributed by atoms with van der Waals surface area (Å²) in [5, 5.41) is 2.52. The van der Waals surface area contributed by atoms with Crippen molar-refractivity contribution in [1.82, 2.24) is 5.32 Å². The number of ether oxygens (including phenoxy) is 1. The molecule has 0 spiro atoms. The van der Waals surface area contributed by atoms with E-state index < -0.39 is 0 Å². The fourth-order valence-electron chi connectivity index (χ4n) is 1.35. The Hall–Kier alpha value is -1.01. The molecule has 3 nitrogen and oxygen atoms in total. The fraction of sp³-hybridized carbons (Fsp3) is 0.727. The minimum Gasteiger partial charge on any atom is -0.357 e. The van der Waals surface area contributed by atoms with Crippen molar-refractivity contribution in [2.45, 2.75) is 38.2 Å². The quantitative estimate of drug-likeness (QED) is 0.684. The van der Waals surface area contributed by atoms with E-state index >= 15 is 0 Å². The largest absolute Gasteiger partial charge is 0.357 e. The van der Waals surface area contributed by atoms with Gasteiger partial charge in [-0.25, -0.2) is 0 Å². The van der Waals surface area contributed by atoms with Gasteiger partial charge in [0.2, 0.25) is 5.91 Å². The lowest BCUT2D eigenvalue weighted by atomic mass is 10.1. The highest BCUT2D eigenvalue weighted by Gasteiger charge is 2.08. The first-order valence-corrected chi connectivity index (χ1v) is 5.13. The molecule has 0 saturated carbocycles. The molecular formula is C11H17NO2. The third-order valence-electron chi connectivity index (χ3n) is 2.23. The molecule has 0 aromatic carbocycles. The van der Waals surface area contributed by atoms with E-state index in [1.807, 2.05) is 0 Å². The number of hydrogen-bond donors (Lipinski definition) is 1. The lowest BCUT2D eigenvalue weighted by molar-refractivity contribution is -0.126. The summed E-state index contributed by atoms with van der Waals surface area (Å²) < 4.78 is 5.39. The van der Waals surface area contributed by atoms with Crippen LogP contribution in [0, 0.1) is 11.8 Å². The summed E-state index contributed by atoms with van der Waals surface area (Å²) in [6.45, 7) is 0.121. The number of hydrogen-bond acceptors (Lipinski definition) is 2. The molecule has 0 heterocycles. The molecule has 0 saturated heterocycles. The summed E-state index contributed by atoms with van der Waals surface area (Å²) in [4.78, 5) is 10.9. The van der Waals surface area contributed by atoms with Crippen LogP contribution in [0.1, 0.15) is 32.1 Å². The van der Waals surface area contributed by atoms with E-state index in [0.717, 1.165) is 19.3 Å². The van der Waals surface area contributed by atoms with Crippen molar-refractivity contribution >= 4 is 5.91 Å². The van der Waals surface area contributed by atoms with E-state index in [1.54, 1.807) is 7.05 Å². The lowest BCUT2D eigenvalue weighted by Gasteiger charge is -2.12. The molecule has 1 N–H and O–H groups in total. The molecule has 1 aliphatic carbocycles. The summed E-state index contributed by atoms with van der Waals surface area (Å²) in [5.74, 6) is 6.03. The zero-order valence-electron chi connectivity index (χ0n) is 8.64. The SMILES string of the molecule is CNC(=O)COC1C#CCCCCC1. The first-order valence-electron chi connectivity index (χ1n) is 5.13. The molecule has 0 aliphatic heterocycles. The Kier molecular flexibility index (Phi) is 5.09. The molecule has 1 unspecified atom stereocenters. The average molecular weight is 195 g/mol. The van der Waals surface area contributed by atoms with Crippen LogP contribution in [0.15, 0.2) is 0 Å². The van der Waals surface area contributed by atoms with Crippen molar-refractivity contribution < 1.29 is 9.53 Å². The zero-order chi connectivity index (χ0) is 10.2. The van der Waals surface area contributed by atoms with Crippen molar-refractivity contribution in [3.63, 3.8) is 0 Å². The van der Waals surface area contributed by atoms with Crippen LogP contribution in [0.5, 0.6) is 0 Å². The monoisotopic (exact) mass is 195 g/mol. The number of likely N-dealkylation sites (N-methyl/N-ethyl adjacent to an activating group) is 1. The smallest absolute Gasteiger partial charge is 0.245 e. The predicted octanol–water partition coefficient (Wildman–Crippen LogP) is 1.09. The molecule has 0 aromatic heterocycles. The highest BCUT2D eigenvalue weighted by atomic mass is 16.5. The molecule has 0 bridgehead atoms. The molecule has 1 rings (SSSR count). The number of nitrogens with one attached hydrogen (secondary N) is 1. The highest BCUT2D eigenvalue weighted by molar-refractivity contribution is 5.76. The van der Waals surface area contributed by atoms with Crippen LogP contribution in [0.25, 0.3) is 0 Å². The first-order chi connectivity index (χ1) is 6.83. The van der Waals surface area contributed by atoms with Crippen molar-refractivity contribution in [2.75, 3.05) is 13.7 Å². The van der Waals surface area contributed by atoms with Crippen LogP contribution in [-0.2, 0) is 9.53 Å². The lowest BCUT2D eigenvalue weighted by Crippen LogP contribution is -2.26. The van der Waals surface area contributed by atoms with Gasteiger partial charge in [-0.1, -0.05) is 12.3 Å². The van der Waals surface area contributed by atoms with Gasteiger partial charge in [-0.3, -0.25) is 4.79 Å². The van der Waals surface area contributed by atoms with Gasteiger partial charge in [-0.15, -0.1) is 5.92 Å². The summed E-state index contributed by atoms with van der Waals surface area (Å²) in [7, 11) is 1.61. The van der Waals surface area contributed by atoms with Gasteiger partial charge in [-0.2, -0.15) is 0 Å². The van der Waals surface area contributed by atoms with E-state index in [1.165, 1.54) is 12.8 Å². The van der Waals surface area contributed by atoms with Crippen molar-refractivity contribution in [1.29, 1.82) is 0 Å². The highest BCUT2D eigenvalue weighted by Crippen LogP contribution is 2.10. The summed E-state index contributed by atoms with van der Waals surface area (Å²) in [6.07, 6.45) is 5.41. The maximum absolute atomic E-state index is 10.9. The minimum absolute atomic E-state index is 0.0485. The summed E-state index contributed by atoms with van der Waals surface area (Å²) >= 11 is 0. The Labute approximate surface area is 85.2 Å². The van der Waals surface area contributed by atoms with Crippen molar-refractivity contribution in [2.24, 2.45) is 0 Å². The van der Waals surface area contributed by atoms with E-state index in [2.05, 4.69) is 17.2 Å². The van der Waals surface area contributed by atoms with Gasteiger partial charge in [0.15, 0.2) is 0 Å². The van der Waals surface area contributed by atoms with Gasteiger partial charge in [0, 0.05) is 13.5 Å². The standard InChI is InChI=1S/C11H17NO2/c1-12-11(13)9-14-10-7-5-3-2-4-6-8-10/h10H,2-5,7,9H2,1H3,(H,12,13). The molecule has 0 radical (unpaired) electrons. The maximum Gasteiger partial charge on any atom is 0.245 e. The number of carbonyl (C=O) groups is 1. The van der Waals surface area contributed by atoms with E-state index in [4.69, 9.17) is 4.74 Å². The Morgan fingerprint density at radius 1 is 1.50 bits per heavy atom. The van der Waals surface area contributed by atoms with Crippen molar-refractivity contribution in [3.8, 4) is 11.8 Å². The Morgan fingerprint density at radius 2 is 2.36 bits per heavy atom.